The molecule has 1 aromatic heterocycles. The van der Waals surface area contributed by atoms with E-state index >= 15 is 0 Å². The van der Waals surface area contributed by atoms with Gasteiger partial charge in [0.1, 0.15) is 5.56 Å². The average Bonchev–Trinajstić information content (AvgIpc) is 2.47. The molecule has 0 bridgehead atoms. The van der Waals surface area contributed by atoms with Crippen molar-refractivity contribution >= 4 is 11.7 Å². The van der Waals surface area contributed by atoms with Gasteiger partial charge in [-0.3, -0.25) is 4.98 Å². The van der Waals surface area contributed by atoms with Crippen LogP contribution in [0.25, 0.3) is 0 Å². The zero-order valence-corrected chi connectivity index (χ0v) is 12.6. The SMILES string of the molecule is CCC1(CC)CCN(c2cc(C)ncc2C(=O)O)CC1. The lowest BCUT2D eigenvalue weighted by Gasteiger charge is -2.42. The Morgan fingerprint density at radius 2 is 1.95 bits per heavy atom. The largest absolute Gasteiger partial charge is 0.478 e. The highest BCUT2D eigenvalue weighted by molar-refractivity contribution is 5.94. The topological polar surface area (TPSA) is 53.4 Å². The van der Waals surface area contributed by atoms with E-state index in [0.29, 0.717) is 11.0 Å². The van der Waals surface area contributed by atoms with Crippen LogP contribution < -0.4 is 4.90 Å². The lowest BCUT2D eigenvalue weighted by Crippen LogP contribution is -2.40. The third-order valence-corrected chi connectivity index (χ3v) is 4.91. The molecule has 4 nitrogen and oxygen atoms in total. The first-order chi connectivity index (χ1) is 9.51. The second-order valence-corrected chi connectivity index (χ2v) is 5.84. The molecule has 0 radical (unpaired) electrons. The van der Waals surface area contributed by atoms with E-state index in [1.54, 1.807) is 0 Å². The van der Waals surface area contributed by atoms with Gasteiger partial charge in [-0.05, 0) is 31.2 Å². The summed E-state index contributed by atoms with van der Waals surface area (Å²) in [6.07, 6.45) is 6.17. The Bertz CT molecular complexity index is 485. The number of anilines is 1. The number of hydrogen-bond donors (Lipinski definition) is 1. The van der Waals surface area contributed by atoms with Crippen LogP contribution in [0.5, 0.6) is 0 Å². The van der Waals surface area contributed by atoms with E-state index in [1.807, 2.05) is 13.0 Å². The summed E-state index contributed by atoms with van der Waals surface area (Å²) in [5.41, 5.74) is 2.46. The molecule has 1 saturated heterocycles. The molecule has 0 aliphatic carbocycles. The molecule has 1 aliphatic rings. The van der Waals surface area contributed by atoms with Gasteiger partial charge in [-0.1, -0.05) is 26.7 Å². The molecule has 1 aromatic rings. The van der Waals surface area contributed by atoms with Crippen LogP contribution in [0.1, 0.15) is 55.6 Å². The molecule has 4 heteroatoms. The Kier molecular flexibility index (Phi) is 4.31. The summed E-state index contributed by atoms with van der Waals surface area (Å²) in [4.78, 5) is 17.7. The average molecular weight is 276 g/mol. The highest BCUT2D eigenvalue weighted by atomic mass is 16.4. The maximum Gasteiger partial charge on any atom is 0.339 e. The van der Waals surface area contributed by atoms with Gasteiger partial charge in [-0.25, -0.2) is 4.79 Å². The molecular formula is C16H24N2O2. The Labute approximate surface area is 120 Å². The number of carbonyl (C=O) groups is 1. The van der Waals surface area contributed by atoms with Crippen molar-refractivity contribution in [1.82, 2.24) is 4.98 Å². The van der Waals surface area contributed by atoms with Crippen LogP contribution >= 0.6 is 0 Å². The monoisotopic (exact) mass is 276 g/mol. The fraction of sp³-hybridized carbons (Fsp3) is 0.625. The minimum Gasteiger partial charge on any atom is -0.478 e. The Morgan fingerprint density at radius 3 is 2.45 bits per heavy atom. The van der Waals surface area contributed by atoms with Gasteiger partial charge in [0, 0.05) is 25.0 Å². The van der Waals surface area contributed by atoms with E-state index in [9.17, 15) is 9.90 Å². The van der Waals surface area contributed by atoms with Gasteiger partial charge in [0.15, 0.2) is 0 Å². The fourth-order valence-electron chi connectivity index (χ4n) is 3.15. The van der Waals surface area contributed by atoms with Crippen molar-refractivity contribution in [3.63, 3.8) is 0 Å². The maximum atomic E-state index is 11.3. The number of carboxylic acid groups (broad SMARTS) is 1. The summed E-state index contributed by atoms with van der Waals surface area (Å²) in [6.45, 7) is 8.30. The molecule has 0 spiro atoms. The number of pyridine rings is 1. The summed E-state index contributed by atoms with van der Waals surface area (Å²) >= 11 is 0. The van der Waals surface area contributed by atoms with E-state index in [2.05, 4.69) is 23.7 Å². The lowest BCUT2D eigenvalue weighted by atomic mass is 9.74. The molecular weight excluding hydrogens is 252 g/mol. The van der Waals surface area contributed by atoms with Crippen LogP contribution in [0.3, 0.4) is 0 Å². The van der Waals surface area contributed by atoms with Crippen molar-refractivity contribution in [2.24, 2.45) is 5.41 Å². The van der Waals surface area contributed by atoms with E-state index in [0.717, 1.165) is 37.3 Å². The van der Waals surface area contributed by atoms with Crippen molar-refractivity contribution in [3.05, 3.63) is 23.5 Å². The predicted octanol–water partition coefficient (Wildman–Crippen LogP) is 3.49. The number of carboxylic acids is 1. The minimum absolute atomic E-state index is 0.316. The predicted molar refractivity (Wildman–Crippen MR) is 80.4 cm³/mol. The van der Waals surface area contributed by atoms with Crippen LogP contribution in [0.2, 0.25) is 0 Å². The van der Waals surface area contributed by atoms with E-state index < -0.39 is 5.97 Å². The van der Waals surface area contributed by atoms with Crippen molar-refractivity contribution < 1.29 is 9.90 Å². The van der Waals surface area contributed by atoms with E-state index in [4.69, 9.17) is 0 Å². The molecule has 1 N–H and O–H groups in total. The van der Waals surface area contributed by atoms with Crippen LogP contribution in [0.15, 0.2) is 12.3 Å². The first kappa shape index (κ1) is 14.8. The normalized spacial score (nSPS) is 18.1. The molecule has 0 atom stereocenters. The quantitative estimate of drug-likeness (QED) is 0.914. The van der Waals surface area contributed by atoms with E-state index in [1.165, 1.54) is 19.0 Å². The highest BCUT2D eigenvalue weighted by Gasteiger charge is 2.32. The van der Waals surface area contributed by atoms with Crippen molar-refractivity contribution in [2.75, 3.05) is 18.0 Å². The summed E-state index contributed by atoms with van der Waals surface area (Å²) < 4.78 is 0. The minimum atomic E-state index is -0.893. The summed E-state index contributed by atoms with van der Waals surface area (Å²) in [6, 6.07) is 1.90. The fourth-order valence-corrected chi connectivity index (χ4v) is 3.15. The zero-order chi connectivity index (χ0) is 14.8. The number of piperidine rings is 1. The Morgan fingerprint density at radius 1 is 1.35 bits per heavy atom. The van der Waals surface area contributed by atoms with Gasteiger partial charge < -0.3 is 10.0 Å². The molecule has 1 fully saturated rings. The third-order valence-electron chi connectivity index (χ3n) is 4.91. The van der Waals surface area contributed by atoms with Crippen molar-refractivity contribution in [3.8, 4) is 0 Å². The summed E-state index contributed by atoms with van der Waals surface area (Å²) in [7, 11) is 0. The molecule has 0 aromatic carbocycles. The van der Waals surface area contributed by atoms with Gasteiger partial charge in [0.05, 0.1) is 5.69 Å². The first-order valence-corrected chi connectivity index (χ1v) is 7.46. The molecule has 0 saturated carbocycles. The number of hydrogen-bond acceptors (Lipinski definition) is 3. The Balaban J connectivity index is 2.22. The molecule has 2 rings (SSSR count). The van der Waals surface area contributed by atoms with Gasteiger partial charge >= 0.3 is 5.97 Å². The van der Waals surface area contributed by atoms with Gasteiger partial charge in [-0.15, -0.1) is 0 Å². The number of rotatable bonds is 4. The molecule has 20 heavy (non-hydrogen) atoms. The van der Waals surface area contributed by atoms with Crippen LogP contribution in [-0.2, 0) is 0 Å². The van der Waals surface area contributed by atoms with Crippen LogP contribution in [0, 0.1) is 12.3 Å². The van der Waals surface area contributed by atoms with Gasteiger partial charge in [-0.2, -0.15) is 0 Å². The van der Waals surface area contributed by atoms with Gasteiger partial charge in [0.25, 0.3) is 0 Å². The number of aryl methyl sites for hydroxylation is 1. The number of aromatic nitrogens is 1. The Hall–Kier alpha value is -1.58. The second-order valence-electron chi connectivity index (χ2n) is 5.84. The molecule has 0 unspecified atom stereocenters. The smallest absolute Gasteiger partial charge is 0.339 e. The molecule has 0 amide bonds. The third kappa shape index (κ3) is 2.79. The van der Waals surface area contributed by atoms with Gasteiger partial charge in [0.2, 0.25) is 0 Å². The zero-order valence-electron chi connectivity index (χ0n) is 12.6. The first-order valence-electron chi connectivity index (χ1n) is 7.46. The highest BCUT2D eigenvalue weighted by Crippen LogP contribution is 2.39. The van der Waals surface area contributed by atoms with E-state index in [-0.39, 0.29) is 0 Å². The maximum absolute atomic E-state index is 11.3. The molecule has 110 valence electrons. The molecule has 1 aliphatic heterocycles. The standard InChI is InChI=1S/C16H24N2O2/c1-4-16(5-2)6-8-18(9-7-16)14-10-12(3)17-11-13(14)15(19)20/h10-11H,4-9H2,1-3H3,(H,19,20). The number of aromatic carboxylic acids is 1. The lowest BCUT2D eigenvalue weighted by molar-refractivity contribution is 0.0697. The van der Waals surface area contributed by atoms with Crippen LogP contribution in [-0.4, -0.2) is 29.1 Å². The van der Waals surface area contributed by atoms with Crippen LogP contribution in [0.4, 0.5) is 5.69 Å². The summed E-state index contributed by atoms with van der Waals surface area (Å²) in [5.74, 6) is -0.893. The van der Waals surface area contributed by atoms with Crippen molar-refractivity contribution in [1.29, 1.82) is 0 Å². The second kappa shape index (κ2) is 5.81. The van der Waals surface area contributed by atoms with Crippen molar-refractivity contribution in [2.45, 2.75) is 46.5 Å². The molecule has 2 heterocycles. The summed E-state index contributed by atoms with van der Waals surface area (Å²) in [5, 5.41) is 9.32. The number of nitrogens with zero attached hydrogens (tertiary/aromatic N) is 2.